The first-order valence-electron chi connectivity index (χ1n) is 11.6. The van der Waals surface area contributed by atoms with Crippen LogP contribution in [0, 0.1) is 17.8 Å². The Morgan fingerprint density at radius 2 is 1.57 bits per heavy atom. The number of benzene rings is 1. The third-order valence-corrected chi connectivity index (χ3v) is 7.08. The Bertz CT molecular complexity index is 625. The fraction of sp³-hybridized carbons (Fsp3) is 0.720. The molecule has 3 nitrogen and oxygen atoms in total. The smallest absolute Gasteiger partial charge is 0.245 e. The van der Waals surface area contributed by atoms with Crippen LogP contribution in [-0.2, 0) is 4.79 Å². The van der Waals surface area contributed by atoms with E-state index in [-0.39, 0.29) is 6.04 Å². The molecule has 0 radical (unpaired) electrons. The van der Waals surface area contributed by atoms with Crippen LogP contribution in [0.2, 0.25) is 0 Å². The van der Waals surface area contributed by atoms with Crippen LogP contribution in [0.5, 0.6) is 0 Å². The third-order valence-electron chi connectivity index (χ3n) is 7.08. The third kappa shape index (κ3) is 5.10. The number of likely N-dealkylation sites (tertiary alicyclic amines) is 1. The van der Waals surface area contributed by atoms with Crippen molar-refractivity contribution in [1.82, 2.24) is 4.90 Å². The SMILES string of the molecule is CC(C)c1ccccc1N[C@H](C(=O)N1CCC(C(C)C)CC1)C1CCCCC1. The van der Waals surface area contributed by atoms with E-state index in [4.69, 9.17) is 0 Å². The van der Waals surface area contributed by atoms with E-state index in [9.17, 15) is 4.79 Å². The monoisotopic (exact) mass is 384 g/mol. The summed E-state index contributed by atoms with van der Waals surface area (Å²) >= 11 is 0. The molecule has 2 fully saturated rings. The number of hydrogen-bond donors (Lipinski definition) is 1. The summed E-state index contributed by atoms with van der Waals surface area (Å²) in [5.74, 6) is 2.75. The van der Waals surface area contributed by atoms with Crippen molar-refractivity contribution in [2.45, 2.75) is 84.6 Å². The van der Waals surface area contributed by atoms with Crippen molar-refractivity contribution >= 4 is 11.6 Å². The molecule has 1 saturated carbocycles. The standard InChI is InChI=1S/C25H40N2O/c1-18(2)20-14-16-27(17-15-20)25(28)24(21-10-6-5-7-11-21)26-23-13-9-8-12-22(23)19(3)4/h8-9,12-13,18-21,24,26H,5-7,10-11,14-17H2,1-4H3/t24-/m0/s1. The van der Waals surface area contributed by atoms with Gasteiger partial charge >= 0.3 is 0 Å². The molecular formula is C25H40N2O. The quantitative estimate of drug-likeness (QED) is 0.646. The van der Waals surface area contributed by atoms with Crippen LogP contribution in [0.4, 0.5) is 5.69 Å². The Morgan fingerprint density at radius 3 is 2.18 bits per heavy atom. The lowest BCUT2D eigenvalue weighted by Crippen LogP contribution is -2.50. The van der Waals surface area contributed by atoms with Crippen molar-refractivity contribution in [3.63, 3.8) is 0 Å². The van der Waals surface area contributed by atoms with Gasteiger partial charge in [-0.25, -0.2) is 0 Å². The maximum absolute atomic E-state index is 13.6. The lowest BCUT2D eigenvalue weighted by Gasteiger charge is -2.39. The number of amides is 1. The highest BCUT2D eigenvalue weighted by atomic mass is 16.2. The second-order valence-corrected chi connectivity index (χ2v) is 9.67. The van der Waals surface area contributed by atoms with Crippen LogP contribution in [-0.4, -0.2) is 29.9 Å². The molecule has 0 spiro atoms. The van der Waals surface area contributed by atoms with E-state index in [2.05, 4.69) is 62.2 Å². The average molecular weight is 385 g/mol. The number of carbonyl (C=O) groups excluding carboxylic acids is 1. The summed E-state index contributed by atoms with van der Waals surface area (Å²) in [6.45, 7) is 11.0. The minimum Gasteiger partial charge on any atom is -0.373 e. The van der Waals surface area contributed by atoms with Gasteiger partial charge in [-0.15, -0.1) is 0 Å². The maximum atomic E-state index is 13.6. The molecule has 1 aliphatic carbocycles. The molecule has 1 amide bonds. The minimum absolute atomic E-state index is 0.0733. The van der Waals surface area contributed by atoms with E-state index >= 15 is 0 Å². The van der Waals surface area contributed by atoms with E-state index in [0.29, 0.717) is 17.7 Å². The van der Waals surface area contributed by atoms with Crippen molar-refractivity contribution in [2.75, 3.05) is 18.4 Å². The Morgan fingerprint density at radius 1 is 0.929 bits per heavy atom. The second kappa shape index (κ2) is 9.80. The van der Waals surface area contributed by atoms with Gasteiger partial charge in [-0.1, -0.05) is 65.2 Å². The molecule has 3 rings (SSSR count). The molecule has 1 aromatic carbocycles. The van der Waals surface area contributed by atoms with Gasteiger partial charge in [0, 0.05) is 18.8 Å². The van der Waals surface area contributed by atoms with E-state index in [1.165, 1.54) is 37.7 Å². The fourth-order valence-corrected chi connectivity index (χ4v) is 5.13. The van der Waals surface area contributed by atoms with Gasteiger partial charge in [-0.3, -0.25) is 4.79 Å². The van der Waals surface area contributed by atoms with Gasteiger partial charge in [0.05, 0.1) is 0 Å². The fourth-order valence-electron chi connectivity index (χ4n) is 5.13. The molecule has 2 aliphatic rings. The van der Waals surface area contributed by atoms with Crippen LogP contribution < -0.4 is 5.32 Å². The largest absolute Gasteiger partial charge is 0.373 e. The maximum Gasteiger partial charge on any atom is 0.245 e. The highest BCUT2D eigenvalue weighted by Gasteiger charge is 2.35. The Balaban J connectivity index is 1.77. The summed E-state index contributed by atoms with van der Waals surface area (Å²) in [7, 11) is 0. The average Bonchev–Trinajstić information content (AvgIpc) is 2.72. The number of para-hydroxylation sites is 1. The predicted molar refractivity (Wildman–Crippen MR) is 119 cm³/mol. The first-order valence-corrected chi connectivity index (χ1v) is 11.6. The van der Waals surface area contributed by atoms with Crippen LogP contribution in [0.3, 0.4) is 0 Å². The second-order valence-electron chi connectivity index (χ2n) is 9.67. The number of piperidine rings is 1. The molecule has 0 unspecified atom stereocenters. The number of anilines is 1. The molecule has 0 aromatic heterocycles. The summed E-state index contributed by atoms with van der Waals surface area (Å²) in [5, 5.41) is 3.74. The molecule has 1 aromatic rings. The van der Waals surface area contributed by atoms with E-state index < -0.39 is 0 Å². The number of carbonyl (C=O) groups is 1. The molecule has 1 saturated heterocycles. The molecular weight excluding hydrogens is 344 g/mol. The van der Waals surface area contributed by atoms with Crippen LogP contribution in [0.1, 0.15) is 84.1 Å². The Hall–Kier alpha value is -1.51. The topological polar surface area (TPSA) is 32.3 Å². The first-order chi connectivity index (χ1) is 13.5. The van der Waals surface area contributed by atoms with Gasteiger partial charge in [-0.2, -0.15) is 0 Å². The van der Waals surface area contributed by atoms with Crippen molar-refractivity contribution in [1.29, 1.82) is 0 Å². The van der Waals surface area contributed by atoms with E-state index in [1.54, 1.807) is 0 Å². The molecule has 1 heterocycles. The predicted octanol–water partition coefficient (Wildman–Crippen LogP) is 6.07. The van der Waals surface area contributed by atoms with Crippen LogP contribution in [0.15, 0.2) is 24.3 Å². The number of hydrogen-bond acceptors (Lipinski definition) is 2. The number of rotatable bonds is 6. The zero-order valence-electron chi connectivity index (χ0n) is 18.4. The molecule has 28 heavy (non-hydrogen) atoms. The summed E-state index contributed by atoms with van der Waals surface area (Å²) in [4.78, 5) is 15.8. The summed E-state index contributed by atoms with van der Waals surface area (Å²) in [6.07, 6.45) is 8.51. The van der Waals surface area contributed by atoms with Gasteiger partial charge in [0.15, 0.2) is 0 Å². The molecule has 3 heteroatoms. The van der Waals surface area contributed by atoms with Crippen molar-refractivity contribution in [3.8, 4) is 0 Å². The van der Waals surface area contributed by atoms with Gasteiger partial charge < -0.3 is 10.2 Å². The zero-order valence-corrected chi connectivity index (χ0v) is 18.4. The highest BCUT2D eigenvalue weighted by molar-refractivity contribution is 5.85. The van der Waals surface area contributed by atoms with Gasteiger partial charge in [0.2, 0.25) is 5.91 Å². The summed E-state index contributed by atoms with van der Waals surface area (Å²) < 4.78 is 0. The molecule has 1 atom stereocenters. The van der Waals surface area contributed by atoms with Crippen molar-refractivity contribution in [2.24, 2.45) is 17.8 Å². The zero-order chi connectivity index (χ0) is 20.1. The first kappa shape index (κ1) is 21.2. The van der Waals surface area contributed by atoms with Crippen molar-refractivity contribution < 1.29 is 4.79 Å². The summed E-state index contributed by atoms with van der Waals surface area (Å²) in [5.41, 5.74) is 2.47. The number of nitrogens with zero attached hydrogens (tertiary/aromatic N) is 1. The van der Waals surface area contributed by atoms with Crippen LogP contribution in [0.25, 0.3) is 0 Å². The Labute approximate surface area is 172 Å². The van der Waals surface area contributed by atoms with Crippen LogP contribution >= 0.6 is 0 Å². The molecule has 156 valence electrons. The molecule has 1 aliphatic heterocycles. The lowest BCUT2D eigenvalue weighted by atomic mass is 9.82. The summed E-state index contributed by atoms with van der Waals surface area (Å²) in [6, 6.07) is 8.47. The molecule has 1 N–H and O–H groups in total. The Kier molecular flexibility index (Phi) is 7.42. The molecule has 0 bridgehead atoms. The van der Waals surface area contributed by atoms with E-state index in [1.807, 2.05) is 0 Å². The lowest BCUT2D eigenvalue weighted by molar-refractivity contribution is -0.135. The normalized spacial score (nSPS) is 20.6. The van der Waals surface area contributed by atoms with Crippen molar-refractivity contribution in [3.05, 3.63) is 29.8 Å². The van der Waals surface area contributed by atoms with Gasteiger partial charge in [0.25, 0.3) is 0 Å². The minimum atomic E-state index is -0.0733. The van der Waals surface area contributed by atoms with E-state index in [0.717, 1.165) is 43.5 Å². The highest BCUT2D eigenvalue weighted by Crippen LogP contribution is 2.33. The number of nitrogens with one attached hydrogen (secondary N) is 1. The van der Waals surface area contributed by atoms with Gasteiger partial charge in [0.1, 0.15) is 6.04 Å². The van der Waals surface area contributed by atoms with Gasteiger partial charge in [-0.05, 0) is 61.0 Å².